The van der Waals surface area contributed by atoms with Crippen LogP contribution in [0.3, 0.4) is 0 Å². The second-order valence-corrected chi connectivity index (χ2v) is 14.9. The molecule has 2 heteroatoms. The van der Waals surface area contributed by atoms with Crippen molar-refractivity contribution in [3.05, 3.63) is 59.7 Å². The second-order valence-electron chi connectivity index (χ2n) is 4.00. The Labute approximate surface area is 112 Å². The predicted molar refractivity (Wildman–Crippen MR) is 67.8 cm³/mol. The fourth-order valence-corrected chi connectivity index (χ4v) is 15.1. The summed E-state index contributed by atoms with van der Waals surface area (Å²) in [7, 11) is 2.15. The zero-order valence-electron chi connectivity index (χ0n) is 9.73. The standard InChI is InChI=1S/C8H10S.C6H5.Hg/c1-6-4-3-5-7(2)8(6)9;1-2-4-6-5-3-1;/h3-5,9H,1-2H3;1-5H;/q;;+1/p-1. The number of hydrogen-bond donors (Lipinski definition) is 0. The van der Waals surface area contributed by atoms with E-state index in [4.69, 9.17) is 0 Å². The molecule has 0 radical (unpaired) electrons. The molecule has 2 aromatic rings. The van der Waals surface area contributed by atoms with Gasteiger partial charge in [0.2, 0.25) is 0 Å². The first kappa shape index (κ1) is 12.2. The van der Waals surface area contributed by atoms with Crippen LogP contribution < -0.4 is 3.07 Å². The maximum absolute atomic E-state index is 2.28. The Morgan fingerprint density at radius 1 is 0.812 bits per heavy atom. The Morgan fingerprint density at radius 2 is 1.44 bits per heavy atom. The SMILES string of the molecule is Cc1cccc(C)c1[S][Hg][c]1ccccc1. The zero-order valence-corrected chi connectivity index (χ0v) is 16.0. The third kappa shape index (κ3) is 3.11. The van der Waals surface area contributed by atoms with Gasteiger partial charge in [-0.1, -0.05) is 0 Å². The van der Waals surface area contributed by atoms with Gasteiger partial charge in [0.05, 0.1) is 0 Å². The molecular formula is C14H14HgS. The molecule has 0 fully saturated rings. The number of aryl methyl sites for hydroxylation is 2. The van der Waals surface area contributed by atoms with Crippen molar-refractivity contribution >= 4 is 11.3 Å². The Balaban J connectivity index is 2.11. The maximum atomic E-state index is 2.28. The summed E-state index contributed by atoms with van der Waals surface area (Å²) in [6, 6.07) is 17.5. The summed E-state index contributed by atoms with van der Waals surface area (Å²) in [5.74, 6) is 0. The molecule has 0 heterocycles. The second kappa shape index (κ2) is 5.88. The normalized spacial score (nSPS) is 9.88. The van der Waals surface area contributed by atoms with Gasteiger partial charge in [0.25, 0.3) is 0 Å². The van der Waals surface area contributed by atoms with Crippen molar-refractivity contribution in [2.24, 2.45) is 0 Å². The molecule has 0 aliphatic rings. The summed E-state index contributed by atoms with van der Waals surface area (Å²) < 4.78 is 1.61. The molecule has 2 rings (SSSR count). The van der Waals surface area contributed by atoms with Crippen LogP contribution in [0.2, 0.25) is 0 Å². The van der Waals surface area contributed by atoms with Crippen LogP contribution >= 0.6 is 8.24 Å². The van der Waals surface area contributed by atoms with Crippen LogP contribution in [0.15, 0.2) is 53.4 Å². The van der Waals surface area contributed by atoms with Gasteiger partial charge < -0.3 is 0 Å². The summed E-state index contributed by atoms with van der Waals surface area (Å²) in [5.41, 5.74) is 2.86. The van der Waals surface area contributed by atoms with Crippen molar-refractivity contribution in [1.29, 1.82) is 0 Å². The van der Waals surface area contributed by atoms with Gasteiger partial charge in [-0.3, -0.25) is 0 Å². The Bertz CT molecular complexity index is 445. The molecule has 2 aromatic carbocycles. The van der Waals surface area contributed by atoms with E-state index in [1.54, 1.807) is 3.07 Å². The van der Waals surface area contributed by atoms with E-state index < -0.39 is 23.1 Å². The molecule has 0 aliphatic heterocycles. The van der Waals surface area contributed by atoms with Gasteiger partial charge in [0.1, 0.15) is 0 Å². The molecule has 0 saturated heterocycles. The Kier molecular flexibility index (Phi) is 4.48. The third-order valence-electron chi connectivity index (χ3n) is 2.63. The van der Waals surface area contributed by atoms with Crippen LogP contribution in [0.4, 0.5) is 0 Å². The van der Waals surface area contributed by atoms with Crippen molar-refractivity contribution in [3.63, 3.8) is 0 Å². The molecule has 0 atom stereocenters. The molecule has 0 spiro atoms. The van der Waals surface area contributed by atoms with E-state index in [0.29, 0.717) is 0 Å². The van der Waals surface area contributed by atoms with Gasteiger partial charge in [-0.2, -0.15) is 0 Å². The molecule has 16 heavy (non-hydrogen) atoms. The summed E-state index contributed by atoms with van der Waals surface area (Å²) in [5, 5.41) is 0. The number of rotatable bonds is 3. The molecule has 0 aromatic heterocycles. The van der Waals surface area contributed by atoms with E-state index in [1.165, 1.54) is 16.0 Å². The fraction of sp³-hybridized carbons (Fsp3) is 0.143. The van der Waals surface area contributed by atoms with E-state index in [2.05, 4.69) is 70.6 Å². The predicted octanol–water partition coefficient (Wildman–Crippen LogP) is 3.72. The van der Waals surface area contributed by atoms with Crippen LogP contribution in [-0.2, 0) is 23.1 Å². The quantitative estimate of drug-likeness (QED) is 0.690. The molecule has 0 nitrogen and oxygen atoms in total. The average molecular weight is 415 g/mol. The van der Waals surface area contributed by atoms with E-state index >= 15 is 0 Å². The average Bonchev–Trinajstić information content (AvgIpc) is 2.30. The van der Waals surface area contributed by atoms with Crippen LogP contribution in [0.5, 0.6) is 0 Å². The van der Waals surface area contributed by atoms with Gasteiger partial charge in [-0.05, 0) is 0 Å². The van der Waals surface area contributed by atoms with Crippen molar-refractivity contribution < 1.29 is 23.1 Å². The number of benzene rings is 2. The molecule has 0 aliphatic carbocycles. The van der Waals surface area contributed by atoms with Crippen LogP contribution in [0, 0.1) is 13.8 Å². The van der Waals surface area contributed by atoms with Gasteiger partial charge in [0.15, 0.2) is 0 Å². The van der Waals surface area contributed by atoms with E-state index in [-0.39, 0.29) is 0 Å². The molecule has 0 N–H and O–H groups in total. The van der Waals surface area contributed by atoms with E-state index in [0.717, 1.165) is 0 Å². The van der Waals surface area contributed by atoms with Gasteiger partial charge in [-0.25, -0.2) is 0 Å². The van der Waals surface area contributed by atoms with Crippen molar-refractivity contribution in [2.45, 2.75) is 18.7 Å². The van der Waals surface area contributed by atoms with E-state index in [9.17, 15) is 0 Å². The first-order chi connectivity index (χ1) is 7.77. The third-order valence-corrected chi connectivity index (χ3v) is 14.8. The fourth-order valence-electron chi connectivity index (χ4n) is 1.76. The molecule has 0 amide bonds. The van der Waals surface area contributed by atoms with Crippen molar-refractivity contribution in [3.8, 4) is 0 Å². The van der Waals surface area contributed by atoms with Crippen LogP contribution in [0.1, 0.15) is 11.1 Å². The Morgan fingerprint density at radius 3 is 2.06 bits per heavy atom. The zero-order chi connectivity index (χ0) is 11.4. The first-order valence-corrected chi connectivity index (χ1v) is 16.0. The summed E-state index contributed by atoms with van der Waals surface area (Å²) in [4.78, 5) is 1.52. The topological polar surface area (TPSA) is 0 Å². The van der Waals surface area contributed by atoms with Gasteiger partial charge in [0, 0.05) is 0 Å². The van der Waals surface area contributed by atoms with Gasteiger partial charge in [-0.15, -0.1) is 0 Å². The summed E-state index contributed by atoms with van der Waals surface area (Å²) in [6.45, 7) is 4.43. The van der Waals surface area contributed by atoms with Crippen molar-refractivity contribution in [1.82, 2.24) is 0 Å². The van der Waals surface area contributed by atoms with Crippen LogP contribution in [-0.4, -0.2) is 0 Å². The Hall–Kier alpha value is -0.275. The first-order valence-electron chi connectivity index (χ1n) is 5.50. The molecule has 0 unspecified atom stereocenters. The van der Waals surface area contributed by atoms with E-state index in [1.807, 2.05) is 0 Å². The van der Waals surface area contributed by atoms with Crippen molar-refractivity contribution in [2.75, 3.05) is 0 Å². The van der Waals surface area contributed by atoms with Crippen LogP contribution in [0.25, 0.3) is 0 Å². The van der Waals surface area contributed by atoms with Gasteiger partial charge >= 0.3 is 113 Å². The summed E-state index contributed by atoms with van der Waals surface area (Å²) >= 11 is -1.01. The monoisotopic (exact) mass is 416 g/mol. The summed E-state index contributed by atoms with van der Waals surface area (Å²) in [6.07, 6.45) is 0. The minimum atomic E-state index is -1.01. The minimum absolute atomic E-state index is 1.01. The molecule has 0 saturated carbocycles. The molecule has 78 valence electrons. The molecule has 0 bridgehead atoms. The molecular weight excluding hydrogens is 401 g/mol. The number of hydrogen-bond acceptors (Lipinski definition) is 1.